The largest absolute Gasteiger partial charge is 0.529 e. The Hall–Kier alpha value is -3.15. The fourth-order valence-corrected chi connectivity index (χ4v) is 8.20. The fourth-order valence-electron chi connectivity index (χ4n) is 4.85. The van der Waals surface area contributed by atoms with E-state index in [0.29, 0.717) is 4.34 Å². The van der Waals surface area contributed by atoms with Crippen LogP contribution in [0.25, 0.3) is 0 Å². The quantitative estimate of drug-likeness (QED) is 0.190. The first-order valence-corrected chi connectivity index (χ1v) is 17.7. The van der Waals surface area contributed by atoms with Crippen LogP contribution < -0.4 is 14.9 Å². The number of amides is 2. The Kier molecular flexibility index (Phi) is 10.6. The van der Waals surface area contributed by atoms with E-state index in [-0.39, 0.29) is 52.8 Å². The number of halogens is 1. The van der Waals surface area contributed by atoms with Gasteiger partial charge in [0.15, 0.2) is 0 Å². The van der Waals surface area contributed by atoms with Gasteiger partial charge in [0.1, 0.15) is 11.9 Å². The van der Waals surface area contributed by atoms with Crippen LogP contribution in [0.5, 0.6) is 0 Å². The monoisotopic (exact) mass is 703 g/mol. The average Bonchev–Trinajstić information content (AvgIpc) is 3.70. The number of nitrogens with zero attached hydrogens (tertiary/aromatic N) is 3. The maximum Gasteiger partial charge on any atom is 0.529 e. The zero-order valence-corrected chi connectivity index (χ0v) is 27.6. The van der Waals surface area contributed by atoms with Gasteiger partial charge < -0.3 is 24.4 Å². The van der Waals surface area contributed by atoms with Gasteiger partial charge in [-0.05, 0) is 43.2 Å². The molecule has 4 rings (SSSR count). The molecule has 3 aromatic rings. The minimum Gasteiger partial charge on any atom is -0.383 e. The topological polar surface area (TPSA) is 206 Å². The summed E-state index contributed by atoms with van der Waals surface area (Å²) in [7, 11) is -8.43. The van der Waals surface area contributed by atoms with Crippen LogP contribution in [0, 0.1) is 0 Å². The predicted octanol–water partition coefficient (Wildman–Crippen LogP) is 2.08. The molecular formula is C26H31ClN5O10PS2. The summed E-state index contributed by atoms with van der Waals surface area (Å²) in [5, 5.41) is 12.5. The van der Waals surface area contributed by atoms with Crippen LogP contribution in [0.3, 0.4) is 0 Å². The molecule has 15 nitrogen and oxygen atoms in total. The maximum atomic E-state index is 14.3. The van der Waals surface area contributed by atoms with Gasteiger partial charge >= 0.3 is 13.8 Å². The lowest BCUT2D eigenvalue weighted by Crippen LogP contribution is -2.59. The molecule has 1 aliphatic rings. The lowest BCUT2D eigenvalue weighted by molar-refractivity contribution is -0.143. The van der Waals surface area contributed by atoms with Crippen molar-refractivity contribution in [3.63, 3.8) is 0 Å². The molecule has 1 aliphatic heterocycles. The Bertz CT molecular complexity index is 1760. The maximum absolute atomic E-state index is 14.3. The van der Waals surface area contributed by atoms with Gasteiger partial charge in [-0.15, -0.1) is 11.3 Å². The van der Waals surface area contributed by atoms with Crippen LogP contribution in [0.4, 0.5) is 5.69 Å². The van der Waals surface area contributed by atoms with Crippen LogP contribution in [-0.4, -0.2) is 71.6 Å². The van der Waals surface area contributed by atoms with Crippen molar-refractivity contribution in [1.82, 2.24) is 19.6 Å². The molecule has 1 unspecified atom stereocenters. The lowest BCUT2D eigenvalue weighted by Gasteiger charge is -2.32. The number of hydrogen-bond donors (Lipinski definition) is 4. The summed E-state index contributed by atoms with van der Waals surface area (Å²) in [4.78, 5) is 55.0. The first-order chi connectivity index (χ1) is 21.2. The van der Waals surface area contributed by atoms with E-state index in [1.54, 1.807) is 6.92 Å². The van der Waals surface area contributed by atoms with Gasteiger partial charge in [0.05, 0.1) is 27.3 Å². The Morgan fingerprint density at radius 1 is 1.27 bits per heavy atom. The van der Waals surface area contributed by atoms with Crippen LogP contribution in [0.15, 0.2) is 47.6 Å². The van der Waals surface area contributed by atoms with Crippen molar-refractivity contribution in [2.45, 2.75) is 43.2 Å². The van der Waals surface area contributed by atoms with E-state index < -0.39 is 53.8 Å². The van der Waals surface area contributed by atoms with E-state index in [0.717, 1.165) is 11.3 Å². The van der Waals surface area contributed by atoms with Gasteiger partial charge in [-0.3, -0.25) is 19.0 Å². The molecule has 4 N–H and O–H groups in total. The second-order valence-corrected chi connectivity index (χ2v) is 14.6. The zero-order chi connectivity index (χ0) is 33.2. The Morgan fingerprint density at radius 2 is 2.00 bits per heavy atom. The van der Waals surface area contributed by atoms with Gasteiger partial charge in [-0.2, -0.15) is 4.72 Å². The number of hydrogen-bond acceptors (Lipinski definition) is 11. The standard InChI is InChI=1S/C26H31ClN5O10PS2/c1-4-16-17(32-13-11-18(33)23(32)35)7-6-8-20(16)45(39,40)30-26(24-28-12-14-31(24)3,25(36)42-43(37,38)41-5-2)15-29-22(34)19-9-10-21(27)44-19/h6-10,12,14,18,30,33H,4-5,11,13,15H2,1-3H3,(H,29,34)(H,37,38)/t18-,26+/m0/s1. The number of phosphoric ester groups is 1. The fraction of sp³-hybridized carbons (Fsp3) is 0.385. The van der Waals surface area contributed by atoms with Gasteiger partial charge in [-0.1, -0.05) is 24.6 Å². The minimum absolute atomic E-state index is 0.109. The summed E-state index contributed by atoms with van der Waals surface area (Å²) in [5.41, 5.74) is -2.20. The highest BCUT2D eigenvalue weighted by molar-refractivity contribution is 7.89. The molecule has 2 aromatic heterocycles. The highest BCUT2D eigenvalue weighted by atomic mass is 35.5. The van der Waals surface area contributed by atoms with Gasteiger partial charge in [-0.25, -0.2) is 22.8 Å². The van der Waals surface area contributed by atoms with Crippen LogP contribution in [-0.2, 0) is 52.2 Å². The summed E-state index contributed by atoms with van der Waals surface area (Å²) in [6.45, 7) is 2.02. The molecular weight excluding hydrogens is 673 g/mol. The summed E-state index contributed by atoms with van der Waals surface area (Å²) < 4.78 is 54.5. The second-order valence-electron chi connectivity index (χ2n) is 9.83. The number of aromatic nitrogens is 2. The number of thiophene rings is 1. The van der Waals surface area contributed by atoms with Gasteiger partial charge in [0, 0.05) is 38.1 Å². The number of phosphoric acid groups is 1. The van der Waals surface area contributed by atoms with Gasteiger partial charge in [0.25, 0.3) is 11.8 Å². The number of benzene rings is 1. The number of anilines is 1. The Morgan fingerprint density at radius 3 is 2.56 bits per heavy atom. The number of nitrogens with one attached hydrogen (secondary N) is 2. The smallest absolute Gasteiger partial charge is 0.383 e. The van der Waals surface area contributed by atoms with Crippen molar-refractivity contribution < 1.29 is 46.4 Å². The van der Waals surface area contributed by atoms with Crippen molar-refractivity contribution in [1.29, 1.82) is 0 Å². The van der Waals surface area contributed by atoms with Crippen molar-refractivity contribution >= 4 is 64.3 Å². The molecule has 2 amide bonds. The zero-order valence-electron chi connectivity index (χ0n) is 24.3. The van der Waals surface area contributed by atoms with E-state index in [1.807, 2.05) is 0 Å². The average molecular weight is 704 g/mol. The SMILES string of the molecule is CCOP(=O)(O)OC(=O)[C@](CNC(=O)c1ccc(Cl)s1)(NS(=O)(=O)c1cccc(N2CC[C@H](O)C2=O)c1CC)c1nccn1C. The number of carbonyl (C=O) groups excluding carboxylic acids is 3. The van der Waals surface area contributed by atoms with E-state index in [9.17, 15) is 37.4 Å². The number of imidazole rings is 1. The minimum atomic E-state index is -5.07. The third-order valence-corrected chi connectivity index (χ3v) is 10.7. The normalized spacial score (nSPS) is 18.0. The van der Waals surface area contributed by atoms with E-state index >= 15 is 0 Å². The molecule has 3 atom stereocenters. The van der Waals surface area contributed by atoms with Crippen molar-refractivity contribution in [3.05, 3.63) is 63.3 Å². The molecule has 45 heavy (non-hydrogen) atoms. The summed E-state index contributed by atoms with van der Waals surface area (Å²) >= 11 is 6.88. The molecule has 3 heterocycles. The molecule has 0 spiro atoms. The highest BCUT2D eigenvalue weighted by Gasteiger charge is 2.52. The number of aryl methyl sites for hydroxylation is 1. The highest BCUT2D eigenvalue weighted by Crippen LogP contribution is 2.45. The van der Waals surface area contributed by atoms with Crippen LogP contribution in [0.2, 0.25) is 4.34 Å². The number of aliphatic hydroxyl groups is 1. The summed E-state index contributed by atoms with van der Waals surface area (Å²) in [6.07, 6.45) is 1.66. The lowest BCUT2D eigenvalue weighted by atomic mass is 10.00. The summed E-state index contributed by atoms with van der Waals surface area (Å²) in [6, 6.07) is 7.06. The van der Waals surface area contributed by atoms with Crippen molar-refractivity contribution in [2.75, 3.05) is 24.6 Å². The molecule has 1 aromatic carbocycles. The number of aliphatic hydroxyl groups excluding tert-OH is 1. The molecule has 1 fully saturated rings. The number of sulfonamides is 1. The van der Waals surface area contributed by atoms with Crippen LogP contribution >= 0.6 is 30.8 Å². The first kappa shape index (κ1) is 34.7. The van der Waals surface area contributed by atoms with E-state index in [4.69, 9.17) is 16.1 Å². The number of carbonyl (C=O) groups is 3. The third-order valence-electron chi connectivity index (χ3n) is 6.88. The summed E-state index contributed by atoms with van der Waals surface area (Å²) in [5.74, 6) is -3.23. The van der Waals surface area contributed by atoms with Crippen LogP contribution in [0.1, 0.15) is 41.3 Å². The molecule has 0 bridgehead atoms. The predicted molar refractivity (Wildman–Crippen MR) is 163 cm³/mol. The molecule has 0 saturated carbocycles. The molecule has 1 saturated heterocycles. The third kappa shape index (κ3) is 7.31. The van der Waals surface area contributed by atoms with Crippen molar-refractivity contribution in [2.24, 2.45) is 7.05 Å². The molecule has 0 radical (unpaired) electrons. The molecule has 0 aliphatic carbocycles. The Labute approximate surface area is 267 Å². The van der Waals surface area contributed by atoms with Crippen molar-refractivity contribution in [3.8, 4) is 0 Å². The number of rotatable bonds is 13. The second kappa shape index (κ2) is 13.7. The first-order valence-electron chi connectivity index (χ1n) is 13.5. The van der Waals surface area contributed by atoms with E-state index in [1.165, 1.54) is 66.2 Å². The van der Waals surface area contributed by atoms with E-state index in [2.05, 4.69) is 19.5 Å². The Balaban J connectivity index is 1.86. The molecule has 244 valence electrons. The van der Waals surface area contributed by atoms with Gasteiger partial charge in [0.2, 0.25) is 15.6 Å². The molecule has 19 heteroatoms.